The summed E-state index contributed by atoms with van der Waals surface area (Å²) < 4.78 is 0. The van der Waals surface area contributed by atoms with Crippen LogP contribution in [0.15, 0.2) is 12.2 Å². The van der Waals surface area contributed by atoms with E-state index >= 15 is 0 Å². The molecule has 0 aromatic rings. The Morgan fingerprint density at radius 2 is 2.25 bits per heavy atom. The molecule has 12 heavy (non-hydrogen) atoms. The Labute approximate surface area is 74.0 Å². The molecule has 0 saturated carbocycles. The van der Waals surface area contributed by atoms with Crippen LogP contribution >= 0.6 is 0 Å². The van der Waals surface area contributed by atoms with Crippen molar-refractivity contribution in [1.82, 2.24) is 5.32 Å². The van der Waals surface area contributed by atoms with Gasteiger partial charge in [0.2, 0.25) is 5.91 Å². The van der Waals surface area contributed by atoms with Crippen molar-refractivity contribution >= 4 is 5.91 Å². The zero-order chi connectivity index (χ0) is 9.23. The van der Waals surface area contributed by atoms with Crippen LogP contribution in [0, 0.1) is 0 Å². The summed E-state index contributed by atoms with van der Waals surface area (Å²) >= 11 is 0. The van der Waals surface area contributed by atoms with Gasteiger partial charge in [-0.25, -0.2) is 0 Å². The third-order valence-electron chi connectivity index (χ3n) is 1.52. The molecule has 3 nitrogen and oxygen atoms in total. The average molecular weight is 170 g/mol. The Morgan fingerprint density at radius 3 is 2.83 bits per heavy atom. The van der Waals surface area contributed by atoms with E-state index in [-0.39, 0.29) is 5.91 Å². The van der Waals surface area contributed by atoms with Crippen molar-refractivity contribution in [2.75, 3.05) is 13.1 Å². The van der Waals surface area contributed by atoms with E-state index in [2.05, 4.69) is 11.4 Å². The molecule has 3 N–H and O–H groups in total. The fraction of sp³-hybridized carbons (Fsp3) is 0.667. The molecule has 0 saturated heterocycles. The van der Waals surface area contributed by atoms with Gasteiger partial charge in [0, 0.05) is 13.0 Å². The van der Waals surface area contributed by atoms with Gasteiger partial charge in [0.25, 0.3) is 0 Å². The van der Waals surface area contributed by atoms with Crippen LogP contribution in [0.1, 0.15) is 26.2 Å². The second kappa shape index (κ2) is 8.27. The lowest BCUT2D eigenvalue weighted by Crippen LogP contribution is -2.16. The molecule has 0 heterocycles. The first kappa shape index (κ1) is 11.2. The molecule has 0 spiro atoms. The fourth-order valence-electron chi connectivity index (χ4n) is 0.852. The molecule has 0 radical (unpaired) electrons. The van der Waals surface area contributed by atoms with E-state index in [0.29, 0.717) is 6.42 Å². The highest BCUT2D eigenvalue weighted by atomic mass is 16.1. The average Bonchev–Trinajstić information content (AvgIpc) is 2.02. The van der Waals surface area contributed by atoms with Gasteiger partial charge in [0.1, 0.15) is 0 Å². The van der Waals surface area contributed by atoms with Crippen LogP contribution < -0.4 is 11.1 Å². The van der Waals surface area contributed by atoms with Gasteiger partial charge in [-0.05, 0) is 26.3 Å². The Morgan fingerprint density at radius 1 is 1.50 bits per heavy atom. The van der Waals surface area contributed by atoms with Crippen molar-refractivity contribution < 1.29 is 4.79 Å². The van der Waals surface area contributed by atoms with E-state index in [1.165, 1.54) is 0 Å². The molecule has 3 heteroatoms. The number of rotatable bonds is 7. The van der Waals surface area contributed by atoms with E-state index in [1.807, 2.05) is 13.0 Å². The summed E-state index contributed by atoms with van der Waals surface area (Å²) in [5.74, 6) is -0.205. The number of carbonyl (C=O) groups is 1. The zero-order valence-electron chi connectivity index (χ0n) is 7.68. The lowest BCUT2D eigenvalue weighted by atomic mass is 10.2. The Bertz CT molecular complexity index is 143. The minimum Gasteiger partial charge on any atom is -0.370 e. The van der Waals surface area contributed by atoms with Crippen LogP contribution in [-0.2, 0) is 4.79 Å². The molecule has 0 fully saturated rings. The minimum absolute atomic E-state index is 0.205. The van der Waals surface area contributed by atoms with Crippen LogP contribution in [0.2, 0.25) is 0 Å². The first-order valence-electron chi connectivity index (χ1n) is 4.37. The normalized spacial score (nSPS) is 10.8. The third-order valence-corrected chi connectivity index (χ3v) is 1.52. The predicted molar refractivity (Wildman–Crippen MR) is 50.7 cm³/mol. The number of primary amides is 1. The maximum Gasteiger partial charge on any atom is 0.217 e. The summed E-state index contributed by atoms with van der Waals surface area (Å²) in [6, 6.07) is 0. The first-order chi connectivity index (χ1) is 5.77. The fourth-order valence-corrected chi connectivity index (χ4v) is 0.852. The molecule has 0 aliphatic carbocycles. The molecule has 0 bridgehead atoms. The number of nitrogens with two attached hydrogens (primary N) is 1. The Hall–Kier alpha value is -0.830. The topological polar surface area (TPSA) is 55.1 Å². The third kappa shape index (κ3) is 9.17. The van der Waals surface area contributed by atoms with E-state index in [0.717, 1.165) is 25.9 Å². The number of hydrogen-bond acceptors (Lipinski definition) is 2. The van der Waals surface area contributed by atoms with Gasteiger partial charge in [-0.1, -0.05) is 12.2 Å². The van der Waals surface area contributed by atoms with Gasteiger partial charge in [-0.3, -0.25) is 4.79 Å². The quantitative estimate of drug-likeness (QED) is 0.439. The number of unbranched alkanes of at least 4 members (excludes halogenated alkanes) is 1. The van der Waals surface area contributed by atoms with Crippen LogP contribution in [0.25, 0.3) is 0 Å². The summed E-state index contributed by atoms with van der Waals surface area (Å²) in [7, 11) is 0. The van der Waals surface area contributed by atoms with Gasteiger partial charge in [-0.2, -0.15) is 0 Å². The maximum atomic E-state index is 10.3. The highest BCUT2D eigenvalue weighted by molar-refractivity contribution is 5.73. The number of nitrogens with one attached hydrogen (secondary N) is 1. The number of amides is 1. The van der Waals surface area contributed by atoms with Gasteiger partial charge >= 0.3 is 0 Å². The molecular weight excluding hydrogens is 152 g/mol. The number of hydrogen-bond donors (Lipinski definition) is 2. The van der Waals surface area contributed by atoms with Crippen molar-refractivity contribution in [2.24, 2.45) is 5.73 Å². The molecule has 0 unspecified atom stereocenters. The molecule has 70 valence electrons. The second-order valence-electron chi connectivity index (χ2n) is 2.70. The van der Waals surface area contributed by atoms with Gasteiger partial charge in [-0.15, -0.1) is 0 Å². The molecule has 1 amide bonds. The summed E-state index contributed by atoms with van der Waals surface area (Å²) in [4.78, 5) is 10.3. The van der Waals surface area contributed by atoms with Crippen molar-refractivity contribution in [3.05, 3.63) is 12.2 Å². The van der Waals surface area contributed by atoms with Crippen molar-refractivity contribution in [3.63, 3.8) is 0 Å². The van der Waals surface area contributed by atoms with E-state index in [1.54, 1.807) is 0 Å². The molecule has 0 rings (SSSR count). The van der Waals surface area contributed by atoms with Crippen LogP contribution in [0.3, 0.4) is 0 Å². The van der Waals surface area contributed by atoms with Crippen molar-refractivity contribution in [1.29, 1.82) is 0 Å². The summed E-state index contributed by atoms with van der Waals surface area (Å²) in [5.41, 5.74) is 4.98. The lowest BCUT2D eigenvalue weighted by Gasteiger charge is -1.99. The van der Waals surface area contributed by atoms with Crippen molar-refractivity contribution in [2.45, 2.75) is 26.2 Å². The van der Waals surface area contributed by atoms with Crippen LogP contribution in [0.5, 0.6) is 0 Å². The summed E-state index contributed by atoms with van der Waals surface area (Å²) in [6.07, 6.45) is 6.48. The molecule has 0 aliphatic rings. The minimum atomic E-state index is -0.205. The SMILES string of the molecule is C/C=C/CNCCCCC(N)=O. The van der Waals surface area contributed by atoms with Gasteiger partial charge in [0.15, 0.2) is 0 Å². The zero-order valence-corrected chi connectivity index (χ0v) is 7.68. The standard InChI is InChI=1S/C9H18N2O/c1-2-3-7-11-8-5-4-6-9(10)12/h2-3,11H,4-8H2,1H3,(H2,10,12)/b3-2+. The van der Waals surface area contributed by atoms with Gasteiger partial charge < -0.3 is 11.1 Å². The Kier molecular flexibility index (Phi) is 7.70. The molecule has 0 atom stereocenters. The van der Waals surface area contributed by atoms with E-state index < -0.39 is 0 Å². The highest BCUT2D eigenvalue weighted by Crippen LogP contribution is 1.91. The maximum absolute atomic E-state index is 10.3. The Balaban J connectivity index is 2.96. The smallest absolute Gasteiger partial charge is 0.217 e. The molecule has 0 aliphatic heterocycles. The van der Waals surface area contributed by atoms with Crippen molar-refractivity contribution in [3.8, 4) is 0 Å². The van der Waals surface area contributed by atoms with Crippen LogP contribution in [0.4, 0.5) is 0 Å². The molecule has 0 aromatic heterocycles. The second-order valence-corrected chi connectivity index (χ2v) is 2.70. The monoisotopic (exact) mass is 170 g/mol. The van der Waals surface area contributed by atoms with Crippen LogP contribution in [-0.4, -0.2) is 19.0 Å². The van der Waals surface area contributed by atoms with Gasteiger partial charge in [0.05, 0.1) is 0 Å². The van der Waals surface area contributed by atoms with E-state index in [9.17, 15) is 4.79 Å². The molecular formula is C9H18N2O. The van der Waals surface area contributed by atoms with E-state index in [4.69, 9.17) is 5.73 Å². The lowest BCUT2D eigenvalue weighted by molar-refractivity contribution is -0.118. The predicted octanol–water partition coefficient (Wildman–Crippen LogP) is 0.808. The number of carbonyl (C=O) groups excluding carboxylic acids is 1. The summed E-state index contributed by atoms with van der Waals surface area (Å²) in [5, 5.41) is 3.22. The first-order valence-corrected chi connectivity index (χ1v) is 4.37. The highest BCUT2D eigenvalue weighted by Gasteiger charge is 1.92. The summed E-state index contributed by atoms with van der Waals surface area (Å²) in [6.45, 7) is 3.86. The largest absolute Gasteiger partial charge is 0.370 e. The molecule has 0 aromatic carbocycles. The number of allylic oxidation sites excluding steroid dienone is 1.